The predicted molar refractivity (Wildman–Crippen MR) is 67.2 cm³/mol. The van der Waals surface area contributed by atoms with Crippen LogP contribution in [0, 0.1) is 0 Å². The number of rotatable bonds is 5. The van der Waals surface area contributed by atoms with E-state index in [4.69, 9.17) is 0 Å². The molecule has 0 atom stereocenters. The number of hydrogen-bond donors (Lipinski definition) is 2. The largest absolute Gasteiger partial charge is 0.361 e. The summed E-state index contributed by atoms with van der Waals surface area (Å²) in [6, 6.07) is 14.8. The normalized spacial score (nSPS) is 10.6. The highest BCUT2D eigenvalue weighted by molar-refractivity contribution is 5.15. The van der Waals surface area contributed by atoms with E-state index in [2.05, 4.69) is 53.6 Å². The predicted octanol–water partition coefficient (Wildman–Crippen LogP) is 2.87. The van der Waals surface area contributed by atoms with E-state index in [9.17, 15) is 0 Å². The van der Waals surface area contributed by atoms with Gasteiger partial charge in [0.15, 0.2) is 0 Å². The number of H-pyrrole nitrogens is 1. The fourth-order valence-corrected chi connectivity index (χ4v) is 1.74. The molecule has 16 heavy (non-hydrogen) atoms. The molecule has 1 aromatic carbocycles. The molecule has 0 saturated carbocycles. The lowest BCUT2D eigenvalue weighted by Crippen LogP contribution is -2.12. The average molecular weight is 214 g/mol. The summed E-state index contributed by atoms with van der Waals surface area (Å²) in [5, 5.41) is 3.42. The van der Waals surface area contributed by atoms with Gasteiger partial charge < -0.3 is 10.3 Å². The number of benzene rings is 1. The second-order valence-corrected chi connectivity index (χ2v) is 3.95. The van der Waals surface area contributed by atoms with Crippen molar-refractivity contribution in [1.29, 1.82) is 0 Å². The van der Waals surface area contributed by atoms with Gasteiger partial charge in [0.25, 0.3) is 0 Å². The molecular weight excluding hydrogens is 196 g/mol. The van der Waals surface area contributed by atoms with E-state index in [1.807, 2.05) is 6.07 Å². The summed E-state index contributed by atoms with van der Waals surface area (Å²) in [4.78, 5) is 3.39. The maximum atomic E-state index is 3.42. The molecule has 2 heteroatoms. The standard InChI is InChI=1S/C14H18N2/c1-2-13-8-9-14(16-13)11-15-10-12-6-4-3-5-7-12/h3-9,15-16H,2,10-11H2,1H3. The third-order valence-electron chi connectivity index (χ3n) is 2.68. The first-order valence-corrected chi connectivity index (χ1v) is 5.80. The summed E-state index contributed by atoms with van der Waals surface area (Å²) in [5.41, 5.74) is 3.88. The molecule has 0 aliphatic carbocycles. The Hall–Kier alpha value is -1.54. The maximum Gasteiger partial charge on any atom is 0.0360 e. The van der Waals surface area contributed by atoms with Gasteiger partial charge in [-0.25, -0.2) is 0 Å². The zero-order chi connectivity index (χ0) is 11.2. The van der Waals surface area contributed by atoms with Crippen LogP contribution in [0.1, 0.15) is 23.9 Å². The van der Waals surface area contributed by atoms with Crippen LogP contribution in [0.25, 0.3) is 0 Å². The van der Waals surface area contributed by atoms with Crippen LogP contribution >= 0.6 is 0 Å². The molecule has 0 aliphatic rings. The van der Waals surface area contributed by atoms with Crippen molar-refractivity contribution in [3.8, 4) is 0 Å². The number of aryl methyl sites for hydroxylation is 1. The van der Waals surface area contributed by atoms with E-state index in [1.54, 1.807) is 0 Å². The zero-order valence-corrected chi connectivity index (χ0v) is 9.66. The van der Waals surface area contributed by atoms with Crippen molar-refractivity contribution in [3.05, 3.63) is 59.4 Å². The molecule has 0 fully saturated rings. The van der Waals surface area contributed by atoms with Crippen molar-refractivity contribution in [1.82, 2.24) is 10.3 Å². The van der Waals surface area contributed by atoms with Gasteiger partial charge >= 0.3 is 0 Å². The Labute approximate surface area is 96.7 Å². The van der Waals surface area contributed by atoms with Crippen molar-refractivity contribution >= 4 is 0 Å². The van der Waals surface area contributed by atoms with Crippen LogP contribution in [-0.2, 0) is 19.5 Å². The van der Waals surface area contributed by atoms with Gasteiger partial charge in [0.1, 0.15) is 0 Å². The molecule has 0 saturated heterocycles. The van der Waals surface area contributed by atoms with E-state index in [1.165, 1.54) is 17.0 Å². The second kappa shape index (κ2) is 5.52. The van der Waals surface area contributed by atoms with Crippen LogP contribution in [0.4, 0.5) is 0 Å². The Morgan fingerprint density at radius 3 is 2.38 bits per heavy atom. The summed E-state index contributed by atoms with van der Waals surface area (Å²) < 4.78 is 0. The van der Waals surface area contributed by atoms with E-state index in [0.717, 1.165) is 19.5 Å². The van der Waals surface area contributed by atoms with Gasteiger partial charge in [0.2, 0.25) is 0 Å². The fraction of sp³-hybridized carbons (Fsp3) is 0.286. The van der Waals surface area contributed by atoms with Crippen molar-refractivity contribution in [3.63, 3.8) is 0 Å². The van der Waals surface area contributed by atoms with Crippen LogP contribution < -0.4 is 5.32 Å². The Bertz CT molecular complexity index is 417. The van der Waals surface area contributed by atoms with E-state index in [-0.39, 0.29) is 0 Å². The van der Waals surface area contributed by atoms with Crippen LogP contribution in [-0.4, -0.2) is 4.98 Å². The Morgan fingerprint density at radius 1 is 0.938 bits per heavy atom. The fourth-order valence-electron chi connectivity index (χ4n) is 1.74. The Morgan fingerprint density at radius 2 is 1.69 bits per heavy atom. The van der Waals surface area contributed by atoms with Crippen LogP contribution in [0.5, 0.6) is 0 Å². The third kappa shape index (κ3) is 2.97. The highest BCUT2D eigenvalue weighted by atomic mass is 14.9. The van der Waals surface area contributed by atoms with Crippen LogP contribution in [0.3, 0.4) is 0 Å². The highest BCUT2D eigenvalue weighted by Gasteiger charge is 1.96. The molecule has 0 spiro atoms. The number of hydrogen-bond acceptors (Lipinski definition) is 1. The molecule has 2 aromatic rings. The van der Waals surface area contributed by atoms with Crippen molar-refractivity contribution in [2.24, 2.45) is 0 Å². The van der Waals surface area contributed by atoms with Crippen molar-refractivity contribution in [2.75, 3.05) is 0 Å². The molecule has 1 aromatic heterocycles. The molecule has 0 bridgehead atoms. The lowest BCUT2D eigenvalue weighted by atomic mass is 10.2. The molecule has 2 nitrogen and oxygen atoms in total. The molecule has 2 N–H and O–H groups in total. The van der Waals surface area contributed by atoms with Gasteiger partial charge in [-0.3, -0.25) is 0 Å². The van der Waals surface area contributed by atoms with E-state index >= 15 is 0 Å². The number of aromatic nitrogens is 1. The monoisotopic (exact) mass is 214 g/mol. The summed E-state index contributed by atoms with van der Waals surface area (Å²) >= 11 is 0. The van der Waals surface area contributed by atoms with Gasteiger partial charge in [-0.15, -0.1) is 0 Å². The second-order valence-electron chi connectivity index (χ2n) is 3.95. The first kappa shape index (κ1) is 11.0. The zero-order valence-electron chi connectivity index (χ0n) is 9.66. The summed E-state index contributed by atoms with van der Waals surface area (Å²) in [5.74, 6) is 0. The summed E-state index contributed by atoms with van der Waals surface area (Å²) in [6.07, 6.45) is 1.07. The average Bonchev–Trinajstić information content (AvgIpc) is 2.78. The third-order valence-corrected chi connectivity index (χ3v) is 2.68. The molecule has 0 amide bonds. The SMILES string of the molecule is CCc1ccc(CNCc2ccccc2)[nH]1. The van der Waals surface area contributed by atoms with Crippen molar-refractivity contribution in [2.45, 2.75) is 26.4 Å². The molecule has 0 aliphatic heterocycles. The summed E-state index contributed by atoms with van der Waals surface area (Å²) in [7, 11) is 0. The van der Waals surface area contributed by atoms with Gasteiger partial charge in [-0.2, -0.15) is 0 Å². The summed E-state index contributed by atoms with van der Waals surface area (Å²) in [6.45, 7) is 3.98. The minimum atomic E-state index is 0.898. The van der Waals surface area contributed by atoms with Crippen LogP contribution in [0.15, 0.2) is 42.5 Å². The molecule has 0 unspecified atom stereocenters. The van der Waals surface area contributed by atoms with Gasteiger partial charge in [-0.1, -0.05) is 37.3 Å². The number of nitrogens with one attached hydrogen (secondary N) is 2. The van der Waals surface area contributed by atoms with Crippen LogP contribution in [0.2, 0.25) is 0 Å². The van der Waals surface area contributed by atoms with E-state index in [0.29, 0.717) is 0 Å². The molecule has 1 heterocycles. The molecule has 2 rings (SSSR count). The maximum absolute atomic E-state index is 3.42. The van der Waals surface area contributed by atoms with Gasteiger partial charge in [0, 0.05) is 24.5 Å². The Balaban J connectivity index is 1.80. The smallest absolute Gasteiger partial charge is 0.0360 e. The molecule has 84 valence electrons. The topological polar surface area (TPSA) is 27.8 Å². The minimum Gasteiger partial charge on any atom is -0.361 e. The Kier molecular flexibility index (Phi) is 3.78. The quantitative estimate of drug-likeness (QED) is 0.787. The van der Waals surface area contributed by atoms with E-state index < -0.39 is 0 Å². The highest BCUT2D eigenvalue weighted by Crippen LogP contribution is 2.03. The minimum absolute atomic E-state index is 0.898. The first-order valence-electron chi connectivity index (χ1n) is 5.80. The first-order chi connectivity index (χ1) is 7.88. The van der Waals surface area contributed by atoms with Gasteiger partial charge in [-0.05, 0) is 24.1 Å². The lowest BCUT2D eigenvalue weighted by Gasteiger charge is -2.03. The number of aromatic amines is 1. The lowest BCUT2D eigenvalue weighted by molar-refractivity contribution is 0.681. The van der Waals surface area contributed by atoms with Crippen molar-refractivity contribution < 1.29 is 0 Å². The molecular formula is C14H18N2. The van der Waals surface area contributed by atoms with Gasteiger partial charge in [0.05, 0.1) is 0 Å². The molecule has 0 radical (unpaired) electrons.